The van der Waals surface area contributed by atoms with Gasteiger partial charge in [0.25, 0.3) is 5.69 Å². The Bertz CT molecular complexity index is 411. The van der Waals surface area contributed by atoms with Crippen molar-refractivity contribution in [2.75, 3.05) is 0 Å². The highest BCUT2D eigenvalue weighted by molar-refractivity contribution is 5.34. The summed E-state index contributed by atoms with van der Waals surface area (Å²) in [5.74, 6) is 0. The number of benzene rings is 1. The first kappa shape index (κ1) is 13.3. The van der Waals surface area contributed by atoms with Crippen molar-refractivity contribution in [3.63, 3.8) is 0 Å². The Kier molecular flexibility index (Phi) is 4.37. The molecule has 0 bridgehead atoms. The van der Waals surface area contributed by atoms with Crippen molar-refractivity contribution < 1.29 is 15.1 Å². The van der Waals surface area contributed by atoms with Crippen LogP contribution in [0.2, 0.25) is 0 Å². The molecular formula is C12H15NO4. The van der Waals surface area contributed by atoms with E-state index in [1.807, 2.05) is 0 Å². The number of aliphatic hydroxyl groups is 2. The van der Waals surface area contributed by atoms with Crippen LogP contribution >= 0.6 is 0 Å². The van der Waals surface area contributed by atoms with Gasteiger partial charge in [0.1, 0.15) is 0 Å². The molecule has 2 atom stereocenters. The molecule has 0 heterocycles. The van der Waals surface area contributed by atoms with Crippen molar-refractivity contribution in [3.8, 4) is 0 Å². The molecule has 17 heavy (non-hydrogen) atoms. The average Bonchev–Trinajstić information content (AvgIpc) is 2.28. The molecule has 2 N–H and O–H groups in total. The third-order valence-electron chi connectivity index (χ3n) is 2.54. The predicted octanol–water partition coefficient (Wildman–Crippen LogP) is 1.96. The van der Waals surface area contributed by atoms with Crippen LogP contribution in [0.4, 0.5) is 5.69 Å². The van der Waals surface area contributed by atoms with Crippen LogP contribution < -0.4 is 0 Å². The second-order valence-electron chi connectivity index (χ2n) is 3.90. The number of nitro benzene ring substituents is 1. The van der Waals surface area contributed by atoms with Crippen LogP contribution in [0.1, 0.15) is 25.0 Å². The van der Waals surface area contributed by atoms with Gasteiger partial charge in [0.15, 0.2) is 0 Å². The molecule has 0 unspecified atom stereocenters. The monoisotopic (exact) mass is 237 g/mol. The second-order valence-corrected chi connectivity index (χ2v) is 3.90. The van der Waals surface area contributed by atoms with Gasteiger partial charge in [-0.15, -0.1) is 0 Å². The Morgan fingerprint density at radius 2 is 1.94 bits per heavy atom. The zero-order chi connectivity index (χ0) is 13.0. The van der Waals surface area contributed by atoms with Crippen LogP contribution in [0.15, 0.2) is 36.4 Å². The van der Waals surface area contributed by atoms with Gasteiger partial charge in [-0.1, -0.05) is 6.58 Å². The van der Waals surface area contributed by atoms with Crippen molar-refractivity contribution in [1.29, 1.82) is 0 Å². The van der Waals surface area contributed by atoms with Crippen LogP contribution in [0.3, 0.4) is 0 Å². The van der Waals surface area contributed by atoms with Crippen molar-refractivity contribution in [2.24, 2.45) is 0 Å². The molecule has 0 saturated heterocycles. The minimum Gasteiger partial charge on any atom is -0.389 e. The zero-order valence-corrected chi connectivity index (χ0v) is 9.54. The molecule has 0 radical (unpaired) electrons. The van der Waals surface area contributed by atoms with Gasteiger partial charge >= 0.3 is 0 Å². The van der Waals surface area contributed by atoms with Gasteiger partial charge in [0.05, 0.1) is 17.1 Å². The Morgan fingerprint density at radius 1 is 1.41 bits per heavy atom. The molecule has 0 fully saturated rings. The Labute approximate surface area is 99.2 Å². The molecular weight excluding hydrogens is 222 g/mol. The van der Waals surface area contributed by atoms with E-state index in [4.69, 9.17) is 0 Å². The third-order valence-corrected chi connectivity index (χ3v) is 2.54. The minimum atomic E-state index is -0.807. The van der Waals surface area contributed by atoms with Gasteiger partial charge in [-0.2, -0.15) is 0 Å². The molecule has 5 heteroatoms. The fourth-order valence-corrected chi connectivity index (χ4v) is 1.35. The zero-order valence-electron chi connectivity index (χ0n) is 9.54. The smallest absolute Gasteiger partial charge is 0.269 e. The summed E-state index contributed by atoms with van der Waals surface area (Å²) >= 11 is 0. The van der Waals surface area contributed by atoms with Crippen molar-refractivity contribution in [1.82, 2.24) is 0 Å². The number of nitrogens with zero attached hydrogens (tertiary/aromatic N) is 1. The maximum absolute atomic E-state index is 10.4. The number of rotatable bonds is 5. The summed E-state index contributed by atoms with van der Waals surface area (Å²) in [6.07, 6.45) is -1.25. The minimum absolute atomic E-state index is 0.0182. The topological polar surface area (TPSA) is 83.6 Å². The third kappa shape index (κ3) is 3.65. The standard InChI is InChI=1S/C12H15NO4/c1-8(9(2)14)7-12(15)10-3-5-11(6-4-10)13(16)17/h3-6,9,12,14-15H,1,7H2,2H3/t9-,12+/m0/s1. The first-order chi connectivity index (χ1) is 7.91. The lowest BCUT2D eigenvalue weighted by atomic mass is 10.00. The number of hydrogen-bond donors (Lipinski definition) is 2. The van der Waals surface area contributed by atoms with E-state index in [0.717, 1.165) is 0 Å². The summed E-state index contributed by atoms with van der Waals surface area (Å²) in [4.78, 5) is 9.95. The molecule has 0 aromatic heterocycles. The van der Waals surface area contributed by atoms with Gasteiger partial charge in [0, 0.05) is 18.6 Å². The lowest BCUT2D eigenvalue weighted by molar-refractivity contribution is -0.384. The van der Waals surface area contributed by atoms with Crippen molar-refractivity contribution in [3.05, 3.63) is 52.1 Å². The van der Waals surface area contributed by atoms with Crippen LogP contribution in [0, 0.1) is 10.1 Å². The van der Waals surface area contributed by atoms with E-state index >= 15 is 0 Å². The Balaban J connectivity index is 2.73. The maximum Gasteiger partial charge on any atom is 0.269 e. The van der Waals surface area contributed by atoms with E-state index in [-0.39, 0.29) is 12.1 Å². The van der Waals surface area contributed by atoms with Crippen molar-refractivity contribution in [2.45, 2.75) is 25.6 Å². The SMILES string of the molecule is C=C(C[C@@H](O)c1ccc([N+](=O)[O-])cc1)[C@H](C)O. The molecule has 0 aliphatic rings. The normalized spacial score (nSPS) is 14.1. The second kappa shape index (κ2) is 5.56. The van der Waals surface area contributed by atoms with Crippen LogP contribution in [0.5, 0.6) is 0 Å². The molecule has 0 aliphatic heterocycles. The lowest BCUT2D eigenvalue weighted by Crippen LogP contribution is -2.08. The molecule has 0 aliphatic carbocycles. The number of nitro groups is 1. The van der Waals surface area contributed by atoms with Gasteiger partial charge in [0.2, 0.25) is 0 Å². The van der Waals surface area contributed by atoms with Gasteiger partial charge < -0.3 is 10.2 Å². The molecule has 5 nitrogen and oxygen atoms in total. The van der Waals surface area contributed by atoms with Crippen LogP contribution in [0.25, 0.3) is 0 Å². The molecule has 1 rings (SSSR count). The molecule has 1 aromatic rings. The highest BCUT2D eigenvalue weighted by Crippen LogP contribution is 2.23. The molecule has 92 valence electrons. The van der Waals surface area contributed by atoms with E-state index in [9.17, 15) is 20.3 Å². The van der Waals surface area contributed by atoms with E-state index in [1.165, 1.54) is 24.3 Å². The Morgan fingerprint density at radius 3 is 2.35 bits per heavy atom. The number of non-ortho nitro benzene ring substituents is 1. The number of hydrogen-bond acceptors (Lipinski definition) is 4. The molecule has 0 spiro atoms. The quantitative estimate of drug-likeness (QED) is 0.465. The van der Waals surface area contributed by atoms with Crippen molar-refractivity contribution >= 4 is 5.69 Å². The van der Waals surface area contributed by atoms with E-state index < -0.39 is 17.1 Å². The first-order valence-electron chi connectivity index (χ1n) is 5.20. The first-order valence-corrected chi connectivity index (χ1v) is 5.20. The molecule has 0 saturated carbocycles. The lowest BCUT2D eigenvalue weighted by Gasteiger charge is -2.14. The highest BCUT2D eigenvalue weighted by Gasteiger charge is 2.13. The summed E-state index contributed by atoms with van der Waals surface area (Å²) < 4.78 is 0. The summed E-state index contributed by atoms with van der Waals surface area (Å²) in [5.41, 5.74) is 1.07. The highest BCUT2D eigenvalue weighted by atomic mass is 16.6. The molecule has 1 aromatic carbocycles. The summed E-state index contributed by atoms with van der Waals surface area (Å²) in [6, 6.07) is 5.67. The predicted molar refractivity (Wildman–Crippen MR) is 63.5 cm³/mol. The maximum atomic E-state index is 10.4. The van der Waals surface area contributed by atoms with E-state index in [0.29, 0.717) is 11.1 Å². The molecule has 0 amide bonds. The van der Waals surface area contributed by atoms with E-state index in [2.05, 4.69) is 6.58 Å². The van der Waals surface area contributed by atoms with Crippen LogP contribution in [-0.2, 0) is 0 Å². The van der Waals surface area contributed by atoms with Gasteiger partial charge in [-0.05, 0) is 30.2 Å². The average molecular weight is 237 g/mol. The summed E-state index contributed by atoms with van der Waals surface area (Å²) in [5, 5.41) is 29.5. The van der Waals surface area contributed by atoms with Gasteiger partial charge in [-0.3, -0.25) is 10.1 Å². The summed E-state index contributed by atoms with van der Waals surface area (Å²) in [7, 11) is 0. The van der Waals surface area contributed by atoms with Gasteiger partial charge in [-0.25, -0.2) is 0 Å². The fourth-order valence-electron chi connectivity index (χ4n) is 1.35. The number of aliphatic hydroxyl groups excluding tert-OH is 2. The Hall–Kier alpha value is -1.72. The van der Waals surface area contributed by atoms with E-state index in [1.54, 1.807) is 6.92 Å². The largest absolute Gasteiger partial charge is 0.389 e. The summed E-state index contributed by atoms with van der Waals surface area (Å²) in [6.45, 7) is 5.22. The van der Waals surface area contributed by atoms with Crippen LogP contribution in [-0.4, -0.2) is 21.2 Å². The fraction of sp³-hybridized carbons (Fsp3) is 0.333.